The van der Waals surface area contributed by atoms with Gasteiger partial charge >= 0.3 is 72.4 Å². The van der Waals surface area contributed by atoms with Gasteiger partial charge in [0.25, 0.3) is 0 Å². The van der Waals surface area contributed by atoms with Crippen LogP contribution in [-0.4, -0.2) is 23.9 Å². The molecule has 0 atom stereocenters. The number of nitrogens with zero attached hydrogens (tertiary/aromatic N) is 1. The fourth-order valence-corrected chi connectivity index (χ4v) is 3.09. The summed E-state index contributed by atoms with van der Waals surface area (Å²) in [7, 11) is 0. The third-order valence-electron chi connectivity index (χ3n) is 1.45. The van der Waals surface area contributed by atoms with E-state index in [4.69, 9.17) is 0 Å². The van der Waals surface area contributed by atoms with Gasteiger partial charge in [0.2, 0.25) is 0 Å². The summed E-state index contributed by atoms with van der Waals surface area (Å²) in [4.78, 5) is 0. The standard InChI is InChI=1S/C8H13NTe/c1-3-4-5-8-6-7(2)9-10-8/h6H,3-5H2,1-2H3. The molecular weight excluding hydrogens is 238 g/mol. The summed E-state index contributed by atoms with van der Waals surface area (Å²) in [5.41, 5.74) is 1.26. The zero-order chi connectivity index (χ0) is 7.40. The predicted octanol–water partition coefficient (Wildman–Crippen LogP) is 1.79. The van der Waals surface area contributed by atoms with Crippen LogP contribution < -0.4 is 0 Å². The van der Waals surface area contributed by atoms with Gasteiger partial charge < -0.3 is 0 Å². The van der Waals surface area contributed by atoms with E-state index >= 15 is 0 Å². The molecule has 1 aromatic rings. The van der Waals surface area contributed by atoms with Crippen molar-refractivity contribution in [3.63, 3.8) is 0 Å². The summed E-state index contributed by atoms with van der Waals surface area (Å²) in [6.07, 6.45) is 3.96. The zero-order valence-corrected chi connectivity index (χ0v) is 8.88. The Morgan fingerprint density at radius 1 is 1.60 bits per heavy atom. The summed E-state index contributed by atoms with van der Waals surface area (Å²) in [5.74, 6) is 0. The number of rotatable bonds is 3. The van der Waals surface area contributed by atoms with Crippen LogP contribution in [0.2, 0.25) is 0 Å². The van der Waals surface area contributed by atoms with Gasteiger partial charge in [-0.25, -0.2) is 0 Å². The molecule has 1 aromatic heterocycles. The van der Waals surface area contributed by atoms with Crippen LogP contribution in [0.3, 0.4) is 0 Å². The second-order valence-corrected chi connectivity index (χ2v) is 5.08. The van der Waals surface area contributed by atoms with Gasteiger partial charge in [0.15, 0.2) is 0 Å². The van der Waals surface area contributed by atoms with E-state index in [0.717, 1.165) is 0 Å². The molecule has 0 amide bonds. The van der Waals surface area contributed by atoms with E-state index in [0.29, 0.717) is 0 Å². The van der Waals surface area contributed by atoms with Crippen LogP contribution in [0.1, 0.15) is 29.0 Å². The molecule has 0 aliphatic carbocycles. The topological polar surface area (TPSA) is 12.9 Å². The number of hydrogen-bond acceptors (Lipinski definition) is 1. The van der Waals surface area contributed by atoms with E-state index in [1.807, 2.05) is 0 Å². The van der Waals surface area contributed by atoms with E-state index in [1.54, 1.807) is 3.58 Å². The van der Waals surface area contributed by atoms with Crippen LogP contribution in [0.5, 0.6) is 0 Å². The van der Waals surface area contributed by atoms with Gasteiger partial charge in [-0.3, -0.25) is 0 Å². The average Bonchev–Trinajstić information content (AvgIpc) is 2.31. The Kier molecular flexibility index (Phi) is 3.45. The molecule has 0 spiro atoms. The minimum atomic E-state index is -0.0895. The van der Waals surface area contributed by atoms with Crippen molar-refractivity contribution in [3.05, 3.63) is 15.3 Å². The molecule has 0 fully saturated rings. The SMILES string of the molecule is CCCCc1cc(C)n[te]1. The van der Waals surface area contributed by atoms with Gasteiger partial charge in [-0.2, -0.15) is 0 Å². The fourth-order valence-electron chi connectivity index (χ4n) is 0.885. The number of unbranched alkanes of at least 4 members (excludes halogenated alkanes) is 1. The zero-order valence-electron chi connectivity index (χ0n) is 6.55. The molecule has 1 heterocycles. The molecule has 1 nitrogen and oxygen atoms in total. The molecular formula is C8H13NTe. The van der Waals surface area contributed by atoms with Gasteiger partial charge in [0, 0.05) is 0 Å². The van der Waals surface area contributed by atoms with E-state index in [1.165, 1.54) is 25.0 Å². The molecule has 0 saturated heterocycles. The third-order valence-corrected chi connectivity index (χ3v) is 4.12. The summed E-state index contributed by atoms with van der Waals surface area (Å²) < 4.78 is 6.07. The van der Waals surface area contributed by atoms with Crippen LogP contribution in [0.15, 0.2) is 6.07 Å². The molecule has 0 aliphatic rings. The number of aryl methyl sites for hydroxylation is 2. The Hall–Kier alpha value is 0.200. The molecule has 1 rings (SSSR count). The maximum absolute atomic E-state index is 4.42. The van der Waals surface area contributed by atoms with Crippen molar-refractivity contribution in [2.75, 3.05) is 0 Å². The first-order valence-electron chi connectivity index (χ1n) is 3.75. The van der Waals surface area contributed by atoms with E-state index in [9.17, 15) is 0 Å². The van der Waals surface area contributed by atoms with Gasteiger partial charge in [0.1, 0.15) is 0 Å². The first-order valence-corrected chi connectivity index (χ1v) is 5.96. The first-order chi connectivity index (χ1) is 4.83. The Balaban J connectivity index is 2.42. The van der Waals surface area contributed by atoms with Crippen molar-refractivity contribution in [2.45, 2.75) is 33.1 Å². The molecule has 0 unspecified atom stereocenters. The normalized spacial score (nSPS) is 10.2. The molecule has 10 heavy (non-hydrogen) atoms. The summed E-state index contributed by atoms with van der Waals surface area (Å²) >= 11 is -0.0895. The van der Waals surface area contributed by atoms with E-state index in [-0.39, 0.29) is 20.7 Å². The Labute approximate surface area is 72.5 Å². The molecule has 0 N–H and O–H groups in total. The quantitative estimate of drug-likeness (QED) is 0.746. The summed E-state index contributed by atoms with van der Waals surface area (Å²) in [5, 5.41) is 0. The maximum atomic E-state index is 4.42. The van der Waals surface area contributed by atoms with Crippen molar-refractivity contribution in [3.8, 4) is 0 Å². The van der Waals surface area contributed by atoms with Crippen LogP contribution in [0, 0.1) is 6.92 Å². The van der Waals surface area contributed by atoms with Crippen molar-refractivity contribution >= 4 is 20.7 Å². The molecule has 0 radical (unpaired) electrons. The Morgan fingerprint density at radius 3 is 2.90 bits per heavy atom. The predicted molar refractivity (Wildman–Crippen MR) is 44.5 cm³/mol. The van der Waals surface area contributed by atoms with Crippen LogP contribution in [0.4, 0.5) is 0 Å². The third kappa shape index (κ3) is 2.44. The van der Waals surface area contributed by atoms with Crippen LogP contribution >= 0.6 is 0 Å². The molecule has 2 heteroatoms. The molecule has 56 valence electrons. The van der Waals surface area contributed by atoms with E-state index < -0.39 is 0 Å². The summed E-state index contributed by atoms with van der Waals surface area (Å²) in [6.45, 7) is 4.34. The van der Waals surface area contributed by atoms with Gasteiger partial charge in [0.05, 0.1) is 0 Å². The van der Waals surface area contributed by atoms with Gasteiger partial charge in [-0.15, -0.1) is 0 Å². The number of aromatic nitrogens is 1. The molecule has 0 aliphatic heterocycles. The van der Waals surface area contributed by atoms with Crippen molar-refractivity contribution < 1.29 is 0 Å². The Morgan fingerprint density at radius 2 is 2.40 bits per heavy atom. The Bertz CT molecular complexity index is 193. The molecule has 0 aromatic carbocycles. The van der Waals surface area contributed by atoms with Gasteiger partial charge in [-0.05, 0) is 0 Å². The van der Waals surface area contributed by atoms with Crippen molar-refractivity contribution in [1.29, 1.82) is 0 Å². The van der Waals surface area contributed by atoms with Gasteiger partial charge in [-0.1, -0.05) is 0 Å². The van der Waals surface area contributed by atoms with E-state index in [2.05, 4.69) is 23.1 Å². The minimum absolute atomic E-state index is 0.0895. The molecule has 0 saturated carbocycles. The first kappa shape index (κ1) is 8.30. The molecule has 0 bridgehead atoms. The second kappa shape index (κ2) is 4.16. The van der Waals surface area contributed by atoms with Crippen molar-refractivity contribution in [2.24, 2.45) is 0 Å². The van der Waals surface area contributed by atoms with Crippen molar-refractivity contribution in [1.82, 2.24) is 3.21 Å². The second-order valence-electron chi connectivity index (χ2n) is 2.54. The average molecular weight is 251 g/mol. The monoisotopic (exact) mass is 253 g/mol. The fraction of sp³-hybridized carbons (Fsp3) is 0.625. The summed E-state index contributed by atoms with van der Waals surface area (Å²) in [6, 6.07) is 2.28. The van der Waals surface area contributed by atoms with Crippen LogP contribution in [0.25, 0.3) is 0 Å². The number of hydrogen-bond donors (Lipinski definition) is 0. The van der Waals surface area contributed by atoms with Crippen LogP contribution in [-0.2, 0) is 6.42 Å².